The second kappa shape index (κ2) is 7.39. The minimum Gasteiger partial charge on any atom is -0.496 e. The van der Waals surface area contributed by atoms with Gasteiger partial charge < -0.3 is 20.3 Å². The van der Waals surface area contributed by atoms with Gasteiger partial charge in [-0.25, -0.2) is 9.97 Å². The highest BCUT2D eigenvalue weighted by molar-refractivity contribution is 5.91. The lowest BCUT2D eigenvalue weighted by Gasteiger charge is -2.29. The Balaban J connectivity index is 1.61. The normalized spacial score (nSPS) is 18.9. The molecule has 3 heterocycles. The maximum Gasteiger partial charge on any atom is 0.292 e. The molecule has 7 heteroatoms. The molecule has 2 aliphatic heterocycles. The van der Waals surface area contributed by atoms with E-state index >= 15 is 0 Å². The second-order valence-corrected chi connectivity index (χ2v) is 7.65. The van der Waals surface area contributed by atoms with Crippen LogP contribution >= 0.6 is 0 Å². The van der Waals surface area contributed by atoms with Crippen molar-refractivity contribution in [3.8, 4) is 5.75 Å². The molecule has 7 nitrogen and oxygen atoms in total. The third-order valence-electron chi connectivity index (χ3n) is 5.81. The summed E-state index contributed by atoms with van der Waals surface area (Å²) >= 11 is 0. The maximum atomic E-state index is 13.2. The molecule has 0 unspecified atom stereocenters. The lowest BCUT2D eigenvalue weighted by molar-refractivity contribution is 0.0721. The average Bonchev–Trinajstić information content (AvgIpc) is 3.14. The van der Waals surface area contributed by atoms with Gasteiger partial charge in [-0.2, -0.15) is 0 Å². The molecule has 1 fully saturated rings. The van der Waals surface area contributed by atoms with E-state index in [2.05, 4.69) is 20.9 Å². The summed E-state index contributed by atoms with van der Waals surface area (Å²) in [6.07, 6.45) is 1.71. The van der Waals surface area contributed by atoms with Crippen LogP contribution in [0.25, 0.3) is 0 Å². The van der Waals surface area contributed by atoms with Crippen molar-refractivity contribution in [3.63, 3.8) is 0 Å². The van der Waals surface area contributed by atoms with Crippen molar-refractivity contribution < 1.29 is 9.53 Å². The Labute approximate surface area is 165 Å². The van der Waals surface area contributed by atoms with E-state index in [-0.39, 0.29) is 17.8 Å². The molecule has 2 N–H and O–H groups in total. The monoisotopic (exact) mass is 381 g/mol. The highest BCUT2D eigenvalue weighted by Crippen LogP contribution is 2.29. The summed E-state index contributed by atoms with van der Waals surface area (Å²) in [6, 6.07) is 6.14. The zero-order valence-corrected chi connectivity index (χ0v) is 16.7. The quantitative estimate of drug-likeness (QED) is 0.873. The minimum atomic E-state index is -0.124. The summed E-state index contributed by atoms with van der Waals surface area (Å²) in [4.78, 5) is 26.3. The lowest BCUT2D eigenvalue weighted by atomic mass is 9.98. The van der Waals surface area contributed by atoms with Gasteiger partial charge in [0.05, 0.1) is 7.11 Å². The van der Waals surface area contributed by atoms with Crippen LogP contribution in [0, 0.1) is 13.8 Å². The number of methoxy groups -OCH3 is 1. The minimum absolute atomic E-state index is 0.124. The van der Waals surface area contributed by atoms with Crippen LogP contribution in [0.1, 0.15) is 39.4 Å². The Morgan fingerprint density at radius 3 is 2.79 bits per heavy atom. The molecular weight excluding hydrogens is 354 g/mol. The van der Waals surface area contributed by atoms with Gasteiger partial charge in [0.25, 0.3) is 5.91 Å². The molecule has 1 aromatic carbocycles. The van der Waals surface area contributed by atoms with Gasteiger partial charge in [-0.1, -0.05) is 12.1 Å². The lowest BCUT2D eigenvalue weighted by Crippen LogP contribution is -2.37. The molecule has 1 atom stereocenters. The smallest absolute Gasteiger partial charge is 0.292 e. The Bertz CT molecular complexity index is 914. The molecule has 0 saturated carbocycles. The molecular formula is C21H27N5O2. The van der Waals surface area contributed by atoms with E-state index in [1.807, 2.05) is 30.9 Å². The molecule has 0 aliphatic carbocycles. The number of aromatic nitrogens is 2. The number of carbonyl (C=O) groups excluding carboxylic acids is 1. The van der Waals surface area contributed by atoms with Gasteiger partial charge in [0.2, 0.25) is 5.82 Å². The standard InChI is InChI=1S/C21H27N5O2/c1-13-14(2)23-19(24-20(13)25-9-7-16(22)12-25)21(27)26-10-8-17-15(11-26)5-4-6-18(17)28-3/h4-6,16H,7-12,22H2,1-3H3/t16-/m1/s1. The van der Waals surface area contributed by atoms with Crippen LogP contribution in [-0.4, -0.2) is 53.6 Å². The first kappa shape index (κ1) is 18.7. The van der Waals surface area contributed by atoms with Crippen LogP contribution < -0.4 is 15.4 Å². The number of hydrogen-bond acceptors (Lipinski definition) is 6. The molecule has 148 valence electrons. The predicted molar refractivity (Wildman–Crippen MR) is 108 cm³/mol. The molecule has 1 saturated heterocycles. The van der Waals surface area contributed by atoms with E-state index in [4.69, 9.17) is 10.5 Å². The molecule has 4 rings (SSSR count). The van der Waals surface area contributed by atoms with Crippen LogP contribution in [0.3, 0.4) is 0 Å². The van der Waals surface area contributed by atoms with E-state index in [0.717, 1.165) is 54.3 Å². The van der Waals surface area contributed by atoms with E-state index in [1.165, 1.54) is 5.56 Å². The first-order chi connectivity index (χ1) is 13.5. The van der Waals surface area contributed by atoms with Crippen molar-refractivity contribution in [1.82, 2.24) is 14.9 Å². The predicted octanol–water partition coefficient (Wildman–Crippen LogP) is 1.84. The SMILES string of the molecule is COc1cccc2c1CCN(C(=O)c1nc(C)c(C)c(N3CC[C@@H](N)C3)n1)C2. The number of carbonyl (C=O) groups is 1. The largest absolute Gasteiger partial charge is 0.496 e. The molecule has 0 radical (unpaired) electrons. The van der Waals surface area contributed by atoms with Gasteiger partial charge in [-0.05, 0) is 38.3 Å². The first-order valence-corrected chi connectivity index (χ1v) is 9.77. The van der Waals surface area contributed by atoms with E-state index < -0.39 is 0 Å². The van der Waals surface area contributed by atoms with Crippen LogP contribution in [0.4, 0.5) is 5.82 Å². The van der Waals surface area contributed by atoms with Crippen molar-refractivity contribution in [2.75, 3.05) is 31.6 Å². The first-order valence-electron chi connectivity index (χ1n) is 9.77. The highest BCUT2D eigenvalue weighted by Gasteiger charge is 2.28. The summed E-state index contributed by atoms with van der Waals surface area (Å²) in [5.74, 6) is 1.87. The van der Waals surface area contributed by atoms with Crippen molar-refractivity contribution in [3.05, 3.63) is 46.4 Å². The molecule has 0 bridgehead atoms. The van der Waals surface area contributed by atoms with Crippen LogP contribution in [0.2, 0.25) is 0 Å². The fourth-order valence-corrected chi connectivity index (χ4v) is 4.08. The fourth-order valence-electron chi connectivity index (χ4n) is 4.08. The number of hydrogen-bond donors (Lipinski definition) is 1. The number of fused-ring (bicyclic) bond motifs is 1. The Morgan fingerprint density at radius 1 is 1.25 bits per heavy atom. The van der Waals surface area contributed by atoms with Crippen LogP contribution in [0.15, 0.2) is 18.2 Å². The summed E-state index contributed by atoms with van der Waals surface area (Å²) in [5.41, 5.74) is 10.2. The second-order valence-electron chi connectivity index (χ2n) is 7.65. The van der Waals surface area contributed by atoms with Crippen LogP contribution in [-0.2, 0) is 13.0 Å². The van der Waals surface area contributed by atoms with Gasteiger partial charge >= 0.3 is 0 Å². The van der Waals surface area contributed by atoms with Gasteiger partial charge in [-0.15, -0.1) is 0 Å². The number of amides is 1. The summed E-state index contributed by atoms with van der Waals surface area (Å²) < 4.78 is 5.46. The van der Waals surface area contributed by atoms with E-state index in [1.54, 1.807) is 7.11 Å². The van der Waals surface area contributed by atoms with Crippen molar-refractivity contribution in [2.24, 2.45) is 5.73 Å². The number of nitrogens with zero attached hydrogens (tertiary/aromatic N) is 4. The molecule has 2 aromatic rings. The third-order valence-corrected chi connectivity index (χ3v) is 5.81. The fraction of sp³-hybridized carbons (Fsp3) is 0.476. The topological polar surface area (TPSA) is 84.6 Å². The van der Waals surface area contributed by atoms with Gasteiger partial charge in [-0.3, -0.25) is 4.79 Å². The molecule has 2 aliphatic rings. The van der Waals surface area contributed by atoms with Gasteiger partial charge in [0, 0.05) is 49.0 Å². The average molecular weight is 381 g/mol. The molecule has 0 spiro atoms. The Hall–Kier alpha value is -2.67. The molecule has 1 aromatic heterocycles. The number of rotatable bonds is 3. The van der Waals surface area contributed by atoms with E-state index in [9.17, 15) is 4.79 Å². The molecule has 1 amide bonds. The van der Waals surface area contributed by atoms with Crippen molar-refractivity contribution >= 4 is 11.7 Å². The Kier molecular flexibility index (Phi) is 4.93. The summed E-state index contributed by atoms with van der Waals surface area (Å²) in [6.45, 7) is 6.75. The van der Waals surface area contributed by atoms with E-state index in [0.29, 0.717) is 13.1 Å². The zero-order chi connectivity index (χ0) is 19.8. The number of benzene rings is 1. The zero-order valence-electron chi connectivity index (χ0n) is 16.7. The number of ether oxygens (including phenoxy) is 1. The number of nitrogens with two attached hydrogens (primary N) is 1. The molecule has 28 heavy (non-hydrogen) atoms. The third kappa shape index (κ3) is 3.30. The van der Waals surface area contributed by atoms with Gasteiger partial charge in [0.1, 0.15) is 11.6 Å². The summed E-state index contributed by atoms with van der Waals surface area (Å²) in [7, 11) is 1.68. The van der Waals surface area contributed by atoms with Crippen molar-refractivity contribution in [1.29, 1.82) is 0 Å². The Morgan fingerprint density at radius 2 is 2.07 bits per heavy atom. The number of anilines is 1. The highest BCUT2D eigenvalue weighted by atomic mass is 16.5. The summed E-state index contributed by atoms with van der Waals surface area (Å²) in [5, 5.41) is 0. The van der Waals surface area contributed by atoms with Crippen molar-refractivity contribution in [2.45, 2.75) is 39.3 Å². The van der Waals surface area contributed by atoms with Crippen LogP contribution in [0.5, 0.6) is 5.75 Å². The number of aryl methyl sites for hydroxylation is 1. The maximum absolute atomic E-state index is 13.2. The van der Waals surface area contributed by atoms with Gasteiger partial charge in [0.15, 0.2) is 0 Å².